The average molecular weight is 178 g/mol. The van der Waals surface area contributed by atoms with Crippen LogP contribution in [0.4, 0.5) is 0 Å². The van der Waals surface area contributed by atoms with Crippen molar-refractivity contribution in [1.82, 2.24) is 5.32 Å². The molecule has 12 heavy (non-hydrogen) atoms. The normalized spacial score (nSPS) is 13.2. The Morgan fingerprint density at radius 1 is 1.50 bits per heavy atom. The summed E-state index contributed by atoms with van der Waals surface area (Å²) < 4.78 is 9.78. The van der Waals surface area contributed by atoms with Crippen LogP contribution < -0.4 is 11.1 Å². The Labute approximate surface area is 72.8 Å². The van der Waals surface area contributed by atoms with Crippen molar-refractivity contribution in [2.75, 3.05) is 40.0 Å². The van der Waals surface area contributed by atoms with Crippen LogP contribution in [0.25, 0.3) is 0 Å². The summed E-state index contributed by atoms with van der Waals surface area (Å²) in [5, 5.41) is 12.0. The Bertz CT molecular complexity index is 82.7. The molecule has 0 spiro atoms. The van der Waals surface area contributed by atoms with E-state index >= 15 is 0 Å². The molecule has 74 valence electrons. The molecule has 0 aromatic heterocycles. The lowest BCUT2D eigenvalue weighted by molar-refractivity contribution is 0.0183. The lowest BCUT2D eigenvalue weighted by Crippen LogP contribution is -2.35. The third kappa shape index (κ3) is 7.90. The molecule has 0 aliphatic rings. The van der Waals surface area contributed by atoms with Gasteiger partial charge < -0.3 is 20.3 Å². The summed E-state index contributed by atoms with van der Waals surface area (Å²) in [6.07, 6.45) is -0.633. The minimum atomic E-state index is -0.633. The summed E-state index contributed by atoms with van der Waals surface area (Å²) in [7, 11) is 1.61. The van der Waals surface area contributed by atoms with Gasteiger partial charge in [-0.1, -0.05) is 0 Å². The average Bonchev–Trinajstić information content (AvgIpc) is 2.06. The Kier molecular flexibility index (Phi) is 8.74. The summed E-state index contributed by atoms with van der Waals surface area (Å²) in [5.74, 6) is 0. The molecule has 5 heteroatoms. The largest absolute Gasteiger partial charge is 0.383 e. The summed E-state index contributed by atoms with van der Waals surface area (Å²) in [5.41, 5.74) is 5.19. The number of hydrogen-bond acceptors (Lipinski definition) is 5. The predicted octanol–water partition coefficient (Wildman–Crippen LogP) is -1.48. The standard InChI is InChI=1S/C7H18N2O3/c1-11-5-3-9-7(10)6-12-4-2-8/h7,9-10H,2-6,8H2,1H3. The highest BCUT2D eigenvalue weighted by atomic mass is 16.5. The summed E-state index contributed by atoms with van der Waals surface area (Å²) in [6.45, 7) is 2.41. The Balaban J connectivity index is 3.04. The molecule has 0 aromatic rings. The van der Waals surface area contributed by atoms with Crippen LogP contribution in [0.1, 0.15) is 0 Å². The highest BCUT2D eigenvalue weighted by Gasteiger charge is 2.00. The van der Waals surface area contributed by atoms with Crippen molar-refractivity contribution in [1.29, 1.82) is 0 Å². The van der Waals surface area contributed by atoms with Crippen LogP contribution in [0.3, 0.4) is 0 Å². The van der Waals surface area contributed by atoms with E-state index in [1.54, 1.807) is 7.11 Å². The van der Waals surface area contributed by atoms with E-state index in [0.29, 0.717) is 26.3 Å². The zero-order chi connectivity index (χ0) is 9.23. The van der Waals surface area contributed by atoms with Crippen molar-refractivity contribution >= 4 is 0 Å². The van der Waals surface area contributed by atoms with Crippen molar-refractivity contribution in [2.24, 2.45) is 5.73 Å². The van der Waals surface area contributed by atoms with Gasteiger partial charge in [0.05, 0.1) is 19.8 Å². The van der Waals surface area contributed by atoms with Crippen LogP contribution in [-0.2, 0) is 9.47 Å². The first-order chi connectivity index (χ1) is 5.81. The molecule has 0 amide bonds. The fourth-order valence-corrected chi connectivity index (χ4v) is 0.665. The maximum atomic E-state index is 9.17. The second-order valence-corrected chi connectivity index (χ2v) is 2.33. The Morgan fingerprint density at radius 2 is 2.25 bits per heavy atom. The van der Waals surface area contributed by atoms with E-state index in [1.807, 2.05) is 0 Å². The van der Waals surface area contributed by atoms with Gasteiger partial charge in [-0.2, -0.15) is 0 Å². The lowest BCUT2D eigenvalue weighted by atomic mass is 10.5. The van der Waals surface area contributed by atoms with Crippen molar-refractivity contribution in [3.63, 3.8) is 0 Å². The van der Waals surface area contributed by atoms with Gasteiger partial charge in [-0.15, -0.1) is 0 Å². The van der Waals surface area contributed by atoms with Gasteiger partial charge in [-0.3, -0.25) is 5.32 Å². The van der Waals surface area contributed by atoms with Crippen LogP contribution in [0.5, 0.6) is 0 Å². The van der Waals surface area contributed by atoms with Crippen molar-refractivity contribution in [3.8, 4) is 0 Å². The first kappa shape index (κ1) is 11.8. The van der Waals surface area contributed by atoms with E-state index in [2.05, 4.69) is 5.32 Å². The lowest BCUT2D eigenvalue weighted by Gasteiger charge is -2.12. The second kappa shape index (κ2) is 8.89. The topological polar surface area (TPSA) is 76.7 Å². The molecule has 0 bridgehead atoms. The zero-order valence-corrected chi connectivity index (χ0v) is 7.45. The van der Waals surface area contributed by atoms with Crippen LogP contribution in [0, 0.1) is 0 Å². The molecule has 5 nitrogen and oxygen atoms in total. The highest BCUT2D eigenvalue weighted by molar-refractivity contribution is 4.50. The minimum Gasteiger partial charge on any atom is -0.383 e. The van der Waals surface area contributed by atoms with Crippen LogP contribution >= 0.6 is 0 Å². The van der Waals surface area contributed by atoms with Crippen LogP contribution in [0.2, 0.25) is 0 Å². The quantitative estimate of drug-likeness (QED) is 0.312. The van der Waals surface area contributed by atoms with Crippen molar-refractivity contribution in [2.45, 2.75) is 6.23 Å². The van der Waals surface area contributed by atoms with Crippen molar-refractivity contribution in [3.05, 3.63) is 0 Å². The fraction of sp³-hybridized carbons (Fsp3) is 1.00. The van der Waals surface area contributed by atoms with Crippen molar-refractivity contribution < 1.29 is 14.6 Å². The molecule has 0 rings (SSSR count). The molecule has 1 unspecified atom stereocenters. The Hall–Kier alpha value is -0.200. The molecule has 0 aliphatic heterocycles. The molecule has 0 fully saturated rings. The highest BCUT2D eigenvalue weighted by Crippen LogP contribution is 1.79. The van der Waals surface area contributed by atoms with Gasteiger partial charge in [-0.05, 0) is 0 Å². The molecular formula is C7H18N2O3. The monoisotopic (exact) mass is 178 g/mol. The smallest absolute Gasteiger partial charge is 0.128 e. The number of nitrogens with two attached hydrogens (primary N) is 1. The van der Waals surface area contributed by atoms with Gasteiger partial charge in [0.2, 0.25) is 0 Å². The first-order valence-electron chi connectivity index (χ1n) is 3.99. The van der Waals surface area contributed by atoms with Gasteiger partial charge in [0, 0.05) is 20.2 Å². The van der Waals surface area contributed by atoms with E-state index < -0.39 is 6.23 Å². The number of methoxy groups -OCH3 is 1. The molecule has 4 N–H and O–H groups in total. The molecule has 0 saturated heterocycles. The molecule has 0 aliphatic carbocycles. The maximum absolute atomic E-state index is 9.17. The number of rotatable bonds is 8. The zero-order valence-electron chi connectivity index (χ0n) is 7.45. The van der Waals surface area contributed by atoms with Gasteiger partial charge in [-0.25, -0.2) is 0 Å². The molecule has 0 radical (unpaired) electrons. The van der Waals surface area contributed by atoms with Crippen LogP contribution in [-0.4, -0.2) is 51.4 Å². The van der Waals surface area contributed by atoms with Gasteiger partial charge in [0.15, 0.2) is 0 Å². The predicted molar refractivity (Wildman–Crippen MR) is 45.8 cm³/mol. The van der Waals surface area contributed by atoms with E-state index in [9.17, 15) is 0 Å². The van der Waals surface area contributed by atoms with Gasteiger partial charge in [0.25, 0.3) is 0 Å². The van der Waals surface area contributed by atoms with Gasteiger partial charge >= 0.3 is 0 Å². The Morgan fingerprint density at radius 3 is 2.83 bits per heavy atom. The number of nitrogens with one attached hydrogen (secondary N) is 1. The number of aliphatic hydroxyl groups is 1. The first-order valence-corrected chi connectivity index (χ1v) is 3.99. The summed E-state index contributed by atoms with van der Waals surface area (Å²) >= 11 is 0. The minimum absolute atomic E-state index is 0.265. The molecule has 0 saturated carbocycles. The molecular weight excluding hydrogens is 160 g/mol. The third-order valence-electron chi connectivity index (χ3n) is 1.22. The number of ether oxygens (including phenoxy) is 2. The SMILES string of the molecule is COCCNC(O)COCCN. The second-order valence-electron chi connectivity index (χ2n) is 2.33. The molecule has 0 heterocycles. The molecule has 0 aromatic carbocycles. The number of aliphatic hydroxyl groups excluding tert-OH is 1. The van der Waals surface area contributed by atoms with Crippen LogP contribution in [0.15, 0.2) is 0 Å². The van der Waals surface area contributed by atoms with E-state index in [4.69, 9.17) is 20.3 Å². The summed E-state index contributed by atoms with van der Waals surface area (Å²) in [4.78, 5) is 0. The summed E-state index contributed by atoms with van der Waals surface area (Å²) in [6, 6.07) is 0. The number of hydrogen-bond donors (Lipinski definition) is 3. The maximum Gasteiger partial charge on any atom is 0.128 e. The van der Waals surface area contributed by atoms with E-state index in [1.165, 1.54) is 0 Å². The van der Waals surface area contributed by atoms with E-state index in [0.717, 1.165) is 0 Å². The molecule has 1 atom stereocenters. The fourth-order valence-electron chi connectivity index (χ4n) is 0.665. The van der Waals surface area contributed by atoms with Gasteiger partial charge in [0.1, 0.15) is 6.23 Å². The van der Waals surface area contributed by atoms with E-state index in [-0.39, 0.29) is 6.61 Å². The third-order valence-corrected chi connectivity index (χ3v) is 1.22.